The summed E-state index contributed by atoms with van der Waals surface area (Å²) in [5.74, 6) is 38.0. The van der Waals surface area contributed by atoms with E-state index < -0.39 is 0 Å². The first kappa shape index (κ1) is 88.4. The van der Waals surface area contributed by atoms with E-state index in [0.29, 0.717) is 18.6 Å². The summed E-state index contributed by atoms with van der Waals surface area (Å²) in [7, 11) is 18.0. The van der Waals surface area contributed by atoms with Crippen LogP contribution in [0.15, 0.2) is 24.3 Å². The van der Waals surface area contributed by atoms with Crippen LogP contribution in [0.2, 0.25) is 0 Å². The van der Waals surface area contributed by atoms with Gasteiger partial charge in [-0.25, -0.2) is 0 Å². The summed E-state index contributed by atoms with van der Waals surface area (Å²) >= 11 is 0. The van der Waals surface area contributed by atoms with Crippen LogP contribution in [0.5, 0.6) is 0 Å². The van der Waals surface area contributed by atoms with E-state index in [4.69, 9.17) is 9.47 Å². The number of esters is 1. The largest absolute Gasteiger partial charge is 0.466 e. The Morgan fingerprint density at radius 3 is 1.41 bits per heavy atom. The molecule has 0 saturated heterocycles. The van der Waals surface area contributed by atoms with E-state index in [-0.39, 0.29) is 19.8 Å². The standard InChI is InChI=1S/C25H38O.C18H30O2.C16H26.C16H28.C12H22.C11H20.B3.B2.B/c1-5-16(4)26-15-17-8-10-20(11-9-17)22-13-21-14-23(22)25-19(7-3)12-18(6-2)24(21)25;1-5-11-8-12(6-2)16-14-9-13(15(11)16)10-18(14,4)17(19)20-7-3;1-3-4-12-9(2)13-8-14(12)16-11-6-5-10(7-11)15(13)16;1-4-10-7-13-9-14(10)16-12(6-3)8-11(5-2)15(13)16;1-3-9-8-10(4-2)12-7-5-6-11(9)12;1-3-4-11-8(2)9-5-6-10(11)7-9;1-3-2;1-2;/h8-11,16,18-19,21-25H,5-7,12-15H2,1-4H3;11-16H,5-10H2,1-4H3;9-16H,3-8H2,1-2H3;10-16H,4-9H2,1-3H3;9-12H,3-8H2,1-2H3;8-11H,3-7H2,1-2H3;;;/t16?,18?,19?,21-,22?,23-,24?,25?;11?,12?,13-,14-,15?,16?,18+;9?,10-,11+,12?,13-,14+,15?,16?;10?,11?,12?,13-,14-,15?,16?;;8?,9-,10+,11?;;;/m0100.0.../s1. The third-order valence-corrected chi connectivity index (χ3v) is 37.7. The van der Waals surface area contributed by atoms with E-state index in [1.165, 1.54) is 157 Å². The lowest BCUT2D eigenvalue weighted by molar-refractivity contribution is -0.160. The van der Waals surface area contributed by atoms with Crippen molar-refractivity contribution in [2.24, 2.45) is 213 Å². The zero-order valence-electron chi connectivity index (χ0n) is 72.8. The van der Waals surface area contributed by atoms with E-state index in [9.17, 15) is 4.79 Å². The summed E-state index contributed by atoms with van der Waals surface area (Å²) in [6.07, 6.45) is 50.4. The zero-order valence-corrected chi connectivity index (χ0v) is 72.8. The lowest BCUT2D eigenvalue weighted by Crippen LogP contribution is -2.42. The molecular formula is C98H164B6O3. The van der Waals surface area contributed by atoms with Crippen LogP contribution >= 0.6 is 0 Å². The van der Waals surface area contributed by atoms with Crippen molar-refractivity contribution in [2.75, 3.05) is 6.61 Å². The average molecular weight is 1460 g/mol. The molecule has 0 spiro atoms. The Morgan fingerprint density at radius 2 is 0.897 bits per heavy atom. The third-order valence-electron chi connectivity index (χ3n) is 37.7. The molecule has 17 aliphatic rings. The second-order valence-corrected chi connectivity index (χ2v) is 41.0. The molecule has 0 amide bonds. The highest BCUT2D eigenvalue weighted by Gasteiger charge is 2.68. The highest BCUT2D eigenvalue weighted by Crippen LogP contribution is 2.73. The molecule has 18 rings (SSSR count). The summed E-state index contributed by atoms with van der Waals surface area (Å²) in [5, 5.41) is 0. The van der Waals surface area contributed by atoms with Crippen LogP contribution < -0.4 is 0 Å². The molecule has 107 heavy (non-hydrogen) atoms. The van der Waals surface area contributed by atoms with Crippen molar-refractivity contribution >= 4 is 52.4 Å². The average Bonchev–Trinajstić information content (AvgIpc) is 1.57. The molecule has 17 saturated carbocycles. The van der Waals surface area contributed by atoms with Crippen LogP contribution in [0, 0.1) is 213 Å². The van der Waals surface area contributed by atoms with Gasteiger partial charge in [0.25, 0.3) is 0 Å². The van der Waals surface area contributed by atoms with Gasteiger partial charge >= 0.3 is 5.97 Å². The molecule has 25 unspecified atom stereocenters. The highest BCUT2D eigenvalue weighted by atomic mass is 16.5. The Kier molecular flexibility index (Phi) is 33.3. The fourth-order valence-electron chi connectivity index (χ4n) is 33.5. The van der Waals surface area contributed by atoms with Gasteiger partial charge in [-0.1, -0.05) is 211 Å². The Morgan fingerprint density at radius 1 is 0.449 bits per heavy atom. The number of carbonyl (C=O) groups is 1. The van der Waals surface area contributed by atoms with E-state index >= 15 is 0 Å². The van der Waals surface area contributed by atoms with Crippen molar-refractivity contribution < 1.29 is 14.3 Å². The molecule has 1 aromatic rings. The maximum Gasteiger partial charge on any atom is 0.312 e. The lowest BCUT2D eigenvalue weighted by atomic mass is 9.40. The smallest absolute Gasteiger partial charge is 0.312 e. The normalized spacial score (nSPS) is 46.6. The predicted octanol–water partition coefficient (Wildman–Crippen LogP) is 25.2. The summed E-state index contributed by atoms with van der Waals surface area (Å²) in [6, 6.07) is 9.48. The van der Waals surface area contributed by atoms with Crippen molar-refractivity contribution in [3.05, 3.63) is 35.4 Å². The van der Waals surface area contributed by atoms with Crippen LogP contribution in [-0.2, 0) is 20.9 Å². The predicted molar refractivity (Wildman–Crippen MR) is 461 cm³/mol. The number of carbonyl (C=O) groups excluding carboxylic acids is 1. The van der Waals surface area contributed by atoms with Gasteiger partial charge in [-0.3, -0.25) is 4.79 Å². The molecule has 0 heterocycles. The molecule has 12 radical (unpaired) electrons. The van der Waals surface area contributed by atoms with Gasteiger partial charge < -0.3 is 9.47 Å². The number of rotatable bonds is 20. The lowest BCUT2D eigenvalue weighted by Gasteiger charge is -2.42. The second kappa shape index (κ2) is 40.3. The zero-order chi connectivity index (χ0) is 76.0. The Bertz CT molecular complexity index is 2760. The molecule has 1 aromatic carbocycles. The van der Waals surface area contributed by atoms with Gasteiger partial charge in [0.2, 0.25) is 0 Å². The number of benzene rings is 1. The number of ether oxygens (including phenoxy) is 2. The minimum Gasteiger partial charge on any atom is -0.466 e. The van der Waals surface area contributed by atoms with Crippen molar-refractivity contribution in [3.8, 4) is 0 Å². The SMILES string of the molecule is CCC(C)OCc1ccc(C2C[C@H]3C[C@@H]2C2C(CC)CC(CC)C23)cc1.CCC1CC(CC)C2C1[C@H]1CC(CC)[C@@H]2C1.CCC1CC(CC)C2CCCC12.CCCC1C(C)[C@@H]2C[C@H]1C1C2[C@H]2CC[C@@H]1C2.CCCC1C(C)[C@H]2CC[C@@H]1C2.CCOC(=O)[C@@]1(C)C[C@H]2C[C@@H]1C1C(CC)CC(CC)C12.[B].[B][B].[B][B][B]. The molecule has 592 valence electrons. The van der Waals surface area contributed by atoms with Crippen LogP contribution in [0.25, 0.3) is 0 Å². The first-order valence-electron chi connectivity index (χ1n) is 47.9. The molecule has 38 atom stereocenters. The highest BCUT2D eigenvalue weighted by molar-refractivity contribution is 7.17. The molecule has 17 aliphatic carbocycles. The number of hydrogen-bond donors (Lipinski definition) is 0. The Labute approximate surface area is 671 Å². The maximum atomic E-state index is 12.5. The third kappa shape index (κ3) is 17.6. The molecule has 17 fully saturated rings. The van der Waals surface area contributed by atoms with Gasteiger partial charge in [-0.15, -0.1) is 0 Å². The summed E-state index contributed by atoms with van der Waals surface area (Å²) < 4.78 is 11.3. The number of hydrogen-bond acceptors (Lipinski definition) is 3. The summed E-state index contributed by atoms with van der Waals surface area (Å²) in [4.78, 5) is 12.5. The summed E-state index contributed by atoms with van der Waals surface area (Å²) in [5.41, 5.74) is 2.75. The minimum absolute atomic E-state index is 0. The van der Waals surface area contributed by atoms with Crippen LogP contribution in [0.4, 0.5) is 0 Å². The monoisotopic (exact) mass is 1460 g/mol. The maximum absolute atomic E-state index is 12.5. The van der Waals surface area contributed by atoms with E-state index in [1.807, 2.05) is 6.92 Å². The van der Waals surface area contributed by atoms with Crippen molar-refractivity contribution in [3.63, 3.8) is 0 Å². The van der Waals surface area contributed by atoms with Crippen LogP contribution in [-0.4, -0.2) is 65.1 Å². The molecule has 9 heteroatoms. The van der Waals surface area contributed by atoms with Crippen LogP contribution in [0.1, 0.15) is 353 Å². The number of fused-ring (bicyclic) bond motifs is 27. The molecule has 3 nitrogen and oxygen atoms in total. The van der Waals surface area contributed by atoms with E-state index in [0.717, 1.165) is 204 Å². The van der Waals surface area contributed by atoms with Crippen LogP contribution in [0.3, 0.4) is 0 Å². The molecular weight excluding hydrogens is 1290 g/mol. The molecule has 0 aromatic heterocycles. The first-order valence-corrected chi connectivity index (χ1v) is 47.9. The Balaban J connectivity index is 0.000000138. The van der Waals surface area contributed by atoms with Crippen molar-refractivity contribution in [1.82, 2.24) is 0 Å². The van der Waals surface area contributed by atoms with E-state index in [1.54, 1.807) is 89.0 Å². The fourth-order valence-corrected chi connectivity index (χ4v) is 33.5. The topological polar surface area (TPSA) is 35.5 Å². The van der Waals surface area contributed by atoms with Gasteiger partial charge in [-0.05, 0) is 373 Å². The van der Waals surface area contributed by atoms with Gasteiger partial charge in [0.05, 0.1) is 24.7 Å². The van der Waals surface area contributed by atoms with Gasteiger partial charge in [-0.2, -0.15) is 0 Å². The second-order valence-electron chi connectivity index (χ2n) is 41.0. The first-order chi connectivity index (χ1) is 51.4. The molecule has 0 aliphatic heterocycles. The fraction of sp³-hybridized carbons (Fsp3) is 0.929. The van der Waals surface area contributed by atoms with Crippen molar-refractivity contribution in [2.45, 2.75) is 355 Å². The van der Waals surface area contributed by atoms with Gasteiger partial charge in [0, 0.05) is 46.4 Å². The molecule has 0 N–H and O–H groups in total. The summed E-state index contributed by atoms with van der Waals surface area (Å²) in [6.45, 7) is 41.2. The van der Waals surface area contributed by atoms with Gasteiger partial charge in [0.15, 0.2) is 0 Å². The Hall–Kier alpha value is -0.960. The van der Waals surface area contributed by atoms with E-state index in [2.05, 4.69) is 166 Å². The van der Waals surface area contributed by atoms with Crippen molar-refractivity contribution in [1.29, 1.82) is 0 Å². The minimum atomic E-state index is -0.183. The quantitative estimate of drug-likeness (QED) is 0.0741. The molecule has 12 bridgehead atoms. The van der Waals surface area contributed by atoms with Gasteiger partial charge in [0.1, 0.15) is 0 Å².